The van der Waals surface area contributed by atoms with Gasteiger partial charge in [0.2, 0.25) is 5.91 Å². The minimum absolute atomic E-state index is 0.0458. The zero-order valence-corrected chi connectivity index (χ0v) is 13.9. The van der Waals surface area contributed by atoms with Gasteiger partial charge >= 0.3 is 0 Å². The van der Waals surface area contributed by atoms with Crippen molar-refractivity contribution < 1.29 is 14.1 Å². The zero-order chi connectivity index (χ0) is 16.9. The molecule has 0 aromatic carbocycles. The van der Waals surface area contributed by atoms with Gasteiger partial charge in [-0.25, -0.2) is 0 Å². The lowest BCUT2D eigenvalue weighted by atomic mass is 9.85. The summed E-state index contributed by atoms with van der Waals surface area (Å²) in [5.74, 6) is 1.25. The number of carbonyl (C=O) groups excluding carboxylic acids is 2. The summed E-state index contributed by atoms with van der Waals surface area (Å²) in [4.78, 5) is 24.3. The Morgan fingerprint density at radius 2 is 1.96 bits per heavy atom. The van der Waals surface area contributed by atoms with Gasteiger partial charge in [-0.2, -0.15) is 0 Å². The van der Waals surface area contributed by atoms with E-state index in [-0.39, 0.29) is 23.8 Å². The van der Waals surface area contributed by atoms with E-state index in [1.807, 2.05) is 0 Å². The summed E-state index contributed by atoms with van der Waals surface area (Å²) in [6.07, 6.45) is 6.26. The Morgan fingerprint density at radius 1 is 1.21 bits per heavy atom. The molecule has 0 radical (unpaired) electrons. The maximum atomic E-state index is 12.2. The Kier molecular flexibility index (Phi) is 5.50. The van der Waals surface area contributed by atoms with Crippen LogP contribution in [-0.4, -0.2) is 36.1 Å². The van der Waals surface area contributed by atoms with Crippen LogP contribution in [0.15, 0.2) is 10.6 Å². The molecule has 2 aliphatic carbocycles. The van der Waals surface area contributed by atoms with Gasteiger partial charge in [-0.05, 0) is 51.5 Å². The number of rotatable bonds is 7. The predicted octanol–water partition coefficient (Wildman–Crippen LogP) is 1.31. The second-order valence-corrected chi connectivity index (χ2v) is 6.84. The molecular formula is C17H26N4O3. The fraction of sp³-hybridized carbons (Fsp3) is 0.706. The van der Waals surface area contributed by atoms with E-state index in [0.717, 1.165) is 50.7 Å². The minimum Gasteiger partial charge on any atom is -0.360 e. The normalized spacial score (nSPS) is 23.7. The van der Waals surface area contributed by atoms with Crippen molar-refractivity contribution in [3.8, 4) is 0 Å². The second-order valence-electron chi connectivity index (χ2n) is 6.84. The fourth-order valence-corrected chi connectivity index (χ4v) is 3.17. The Bertz CT molecular complexity index is 574. The molecule has 24 heavy (non-hydrogen) atoms. The van der Waals surface area contributed by atoms with Crippen molar-refractivity contribution in [2.45, 2.75) is 56.9 Å². The molecule has 2 fully saturated rings. The van der Waals surface area contributed by atoms with Crippen LogP contribution in [0.4, 0.5) is 0 Å². The van der Waals surface area contributed by atoms with E-state index in [2.05, 4.69) is 15.8 Å². The third-order valence-corrected chi connectivity index (χ3v) is 4.85. The largest absolute Gasteiger partial charge is 0.360 e. The van der Waals surface area contributed by atoms with E-state index >= 15 is 0 Å². The lowest BCUT2D eigenvalue weighted by molar-refractivity contribution is -0.126. The van der Waals surface area contributed by atoms with Crippen LogP contribution in [0.1, 0.15) is 67.1 Å². The number of nitrogens with zero attached hydrogens (tertiary/aromatic N) is 1. The molecular weight excluding hydrogens is 308 g/mol. The molecule has 132 valence electrons. The summed E-state index contributed by atoms with van der Waals surface area (Å²) in [6, 6.07) is 1.86. The molecule has 1 aromatic rings. The van der Waals surface area contributed by atoms with Crippen LogP contribution in [0.25, 0.3) is 0 Å². The molecule has 1 heterocycles. The first-order valence-corrected chi connectivity index (χ1v) is 8.92. The third kappa shape index (κ3) is 4.35. The second kappa shape index (κ2) is 7.79. The molecule has 2 aliphatic rings. The van der Waals surface area contributed by atoms with E-state index in [9.17, 15) is 9.59 Å². The summed E-state index contributed by atoms with van der Waals surface area (Å²) in [5.41, 5.74) is 5.78. The van der Waals surface area contributed by atoms with E-state index in [4.69, 9.17) is 10.3 Å². The molecule has 7 heteroatoms. The van der Waals surface area contributed by atoms with Crippen molar-refractivity contribution >= 4 is 11.8 Å². The molecule has 0 unspecified atom stereocenters. The highest BCUT2D eigenvalue weighted by atomic mass is 16.5. The van der Waals surface area contributed by atoms with E-state index in [1.54, 1.807) is 6.07 Å². The molecule has 0 saturated heterocycles. The van der Waals surface area contributed by atoms with Crippen LogP contribution in [-0.2, 0) is 4.79 Å². The SMILES string of the molecule is NCCCNC(=O)[C@H]1CC[C@H](NC(=O)c2cc(C3CC3)on2)CC1. The van der Waals surface area contributed by atoms with Gasteiger partial charge in [0.25, 0.3) is 5.91 Å². The average Bonchev–Trinajstić information content (AvgIpc) is 3.32. The first kappa shape index (κ1) is 17.0. The molecule has 4 N–H and O–H groups in total. The van der Waals surface area contributed by atoms with Crippen molar-refractivity contribution in [3.05, 3.63) is 17.5 Å². The zero-order valence-electron chi connectivity index (χ0n) is 13.9. The molecule has 1 aromatic heterocycles. The number of carbonyl (C=O) groups is 2. The van der Waals surface area contributed by atoms with Gasteiger partial charge in [-0.1, -0.05) is 5.16 Å². The highest BCUT2D eigenvalue weighted by molar-refractivity contribution is 5.92. The van der Waals surface area contributed by atoms with Gasteiger partial charge in [-0.15, -0.1) is 0 Å². The standard InChI is InChI=1S/C17H26N4O3/c18-8-1-9-19-16(22)12-4-6-13(7-5-12)20-17(23)14-10-15(24-21-14)11-2-3-11/h10-13H,1-9,18H2,(H,19,22)(H,20,23)/t12-,13-. The maximum absolute atomic E-state index is 12.2. The number of amides is 2. The quantitative estimate of drug-likeness (QED) is 0.651. The molecule has 3 rings (SSSR count). The summed E-state index contributed by atoms with van der Waals surface area (Å²) < 4.78 is 5.22. The van der Waals surface area contributed by atoms with E-state index in [0.29, 0.717) is 24.7 Å². The molecule has 0 spiro atoms. The number of nitrogens with two attached hydrogens (primary N) is 1. The molecule has 0 bridgehead atoms. The Hall–Kier alpha value is -1.89. The fourth-order valence-electron chi connectivity index (χ4n) is 3.17. The van der Waals surface area contributed by atoms with Gasteiger partial charge in [0.05, 0.1) is 0 Å². The van der Waals surface area contributed by atoms with Crippen molar-refractivity contribution in [2.75, 3.05) is 13.1 Å². The summed E-state index contributed by atoms with van der Waals surface area (Å²) >= 11 is 0. The van der Waals surface area contributed by atoms with Crippen LogP contribution < -0.4 is 16.4 Å². The van der Waals surface area contributed by atoms with Crippen molar-refractivity contribution in [3.63, 3.8) is 0 Å². The van der Waals surface area contributed by atoms with Gasteiger partial charge in [0.1, 0.15) is 5.76 Å². The monoisotopic (exact) mass is 334 g/mol. The minimum atomic E-state index is -0.179. The highest BCUT2D eigenvalue weighted by Crippen LogP contribution is 2.40. The maximum Gasteiger partial charge on any atom is 0.273 e. The van der Waals surface area contributed by atoms with Crippen molar-refractivity contribution in [1.82, 2.24) is 15.8 Å². The molecule has 2 amide bonds. The van der Waals surface area contributed by atoms with Crippen molar-refractivity contribution in [1.29, 1.82) is 0 Å². The Morgan fingerprint density at radius 3 is 2.62 bits per heavy atom. The van der Waals surface area contributed by atoms with Crippen LogP contribution >= 0.6 is 0 Å². The van der Waals surface area contributed by atoms with E-state index < -0.39 is 0 Å². The van der Waals surface area contributed by atoms with Crippen LogP contribution in [0, 0.1) is 5.92 Å². The Labute approximate surface area is 141 Å². The number of hydrogen-bond donors (Lipinski definition) is 3. The first-order chi connectivity index (χ1) is 11.7. The average molecular weight is 334 g/mol. The van der Waals surface area contributed by atoms with Crippen LogP contribution in [0.2, 0.25) is 0 Å². The lowest BCUT2D eigenvalue weighted by Gasteiger charge is -2.28. The van der Waals surface area contributed by atoms with Gasteiger partial charge in [0.15, 0.2) is 5.69 Å². The number of hydrogen-bond acceptors (Lipinski definition) is 5. The molecule has 7 nitrogen and oxygen atoms in total. The smallest absolute Gasteiger partial charge is 0.273 e. The van der Waals surface area contributed by atoms with Gasteiger partial charge in [0, 0.05) is 30.5 Å². The lowest BCUT2D eigenvalue weighted by Crippen LogP contribution is -2.41. The van der Waals surface area contributed by atoms with E-state index in [1.165, 1.54) is 0 Å². The summed E-state index contributed by atoms with van der Waals surface area (Å²) in [5, 5.41) is 9.80. The number of aromatic nitrogens is 1. The molecule has 0 aliphatic heterocycles. The van der Waals surface area contributed by atoms with Gasteiger partial charge < -0.3 is 20.9 Å². The van der Waals surface area contributed by atoms with Gasteiger partial charge in [-0.3, -0.25) is 9.59 Å². The number of nitrogens with one attached hydrogen (secondary N) is 2. The van der Waals surface area contributed by atoms with Crippen LogP contribution in [0.3, 0.4) is 0 Å². The molecule has 2 saturated carbocycles. The predicted molar refractivity (Wildman–Crippen MR) is 88.4 cm³/mol. The van der Waals surface area contributed by atoms with Crippen LogP contribution in [0.5, 0.6) is 0 Å². The first-order valence-electron chi connectivity index (χ1n) is 8.92. The molecule has 0 atom stereocenters. The summed E-state index contributed by atoms with van der Waals surface area (Å²) in [7, 11) is 0. The Balaban J connectivity index is 1.41. The highest BCUT2D eigenvalue weighted by Gasteiger charge is 2.30. The third-order valence-electron chi connectivity index (χ3n) is 4.85. The van der Waals surface area contributed by atoms with Crippen molar-refractivity contribution in [2.24, 2.45) is 11.7 Å². The topological polar surface area (TPSA) is 110 Å². The summed E-state index contributed by atoms with van der Waals surface area (Å²) in [6.45, 7) is 1.23.